The molecule has 2 N–H and O–H groups in total. The van der Waals surface area contributed by atoms with Crippen molar-refractivity contribution in [2.75, 3.05) is 4.90 Å². The molecule has 0 aromatic heterocycles. The highest BCUT2D eigenvalue weighted by atomic mass is 16.3. The Bertz CT molecular complexity index is 2710. The molecule has 62 heavy (non-hydrogen) atoms. The molecule has 6 aromatic carbocycles. The molecule has 3 aliphatic rings. The van der Waals surface area contributed by atoms with E-state index >= 15 is 0 Å². The standard InChI is InChI=1S/C59H65NO2/c1-36-13-22-45(23-14-36)60(46-24-18-43(19-25-46)57(7,8)53-31-15-37(2)34-42(53)35-52(40(5)61)41(6)62)47-26-20-44(21-27-47)58(9,10)54-32-30-50-49-28-16-38(3)48-29-17-39(4)59(55(48)49)33-11-12-51(54)56(50)59/h13-16,18-28,30-32,34,39-40,61-62H,11-12,17,29,33,35H2,1-10H3/t39?,40?,59-/m0/s1. The molecule has 3 nitrogen and oxygen atoms in total. The molecule has 2 unspecified atom stereocenters. The van der Waals surface area contributed by atoms with E-state index in [1.54, 1.807) is 36.1 Å². The predicted octanol–water partition coefficient (Wildman–Crippen LogP) is 14.7. The summed E-state index contributed by atoms with van der Waals surface area (Å²) in [6.45, 7) is 21.9. The average molecular weight is 820 g/mol. The van der Waals surface area contributed by atoms with Crippen molar-refractivity contribution in [1.82, 2.24) is 0 Å². The van der Waals surface area contributed by atoms with Crippen molar-refractivity contribution < 1.29 is 10.2 Å². The minimum Gasteiger partial charge on any atom is -0.513 e. The van der Waals surface area contributed by atoms with Gasteiger partial charge in [-0.15, -0.1) is 0 Å². The first-order chi connectivity index (χ1) is 29.5. The lowest BCUT2D eigenvalue weighted by Gasteiger charge is -2.47. The number of aliphatic hydroxyl groups is 2. The van der Waals surface area contributed by atoms with E-state index < -0.39 is 6.10 Å². The molecule has 0 amide bonds. The van der Waals surface area contributed by atoms with E-state index in [0.29, 0.717) is 17.9 Å². The molecule has 0 radical (unpaired) electrons. The SMILES string of the molecule is CC(O)=C(Cc1cc(C)ccc1C(C)(C)c1ccc(N(c2ccc(C)cc2)c2ccc(C(C)(C)c3ccc4c5c3CCC[C@]53c5c-4ccc(C)c5CCC3C)cc2)cc1)C(C)O. The van der Waals surface area contributed by atoms with Gasteiger partial charge in [-0.25, -0.2) is 0 Å². The number of rotatable bonds is 10. The fraction of sp³-hybridized carbons (Fsp3) is 0.356. The third-order valence-electron chi connectivity index (χ3n) is 15.7. The van der Waals surface area contributed by atoms with Crippen LogP contribution < -0.4 is 4.90 Å². The van der Waals surface area contributed by atoms with Gasteiger partial charge < -0.3 is 15.1 Å². The normalized spacial score (nSPS) is 18.8. The molecule has 9 rings (SSSR count). The summed E-state index contributed by atoms with van der Waals surface area (Å²) < 4.78 is 0. The second-order valence-corrected chi connectivity index (χ2v) is 20.2. The van der Waals surface area contributed by atoms with Crippen molar-refractivity contribution in [3.8, 4) is 11.1 Å². The van der Waals surface area contributed by atoms with Crippen molar-refractivity contribution in [3.63, 3.8) is 0 Å². The molecule has 0 saturated heterocycles. The monoisotopic (exact) mass is 820 g/mol. The number of hydrogen-bond donors (Lipinski definition) is 2. The maximum absolute atomic E-state index is 10.5. The van der Waals surface area contributed by atoms with Gasteiger partial charge in [0.15, 0.2) is 0 Å². The third-order valence-corrected chi connectivity index (χ3v) is 15.7. The second-order valence-electron chi connectivity index (χ2n) is 20.2. The summed E-state index contributed by atoms with van der Waals surface area (Å²) in [5.74, 6) is 0.829. The van der Waals surface area contributed by atoms with E-state index in [2.05, 4.69) is 176 Å². The Morgan fingerprint density at radius 3 is 1.77 bits per heavy atom. The Hall–Kier alpha value is -5.38. The first-order valence-corrected chi connectivity index (χ1v) is 23.1. The zero-order valence-electron chi connectivity index (χ0n) is 38.7. The topological polar surface area (TPSA) is 43.7 Å². The van der Waals surface area contributed by atoms with Gasteiger partial charge in [0, 0.05) is 33.3 Å². The van der Waals surface area contributed by atoms with Gasteiger partial charge in [-0.05, 0) is 188 Å². The lowest BCUT2D eigenvalue weighted by Crippen LogP contribution is -2.41. The molecule has 3 atom stereocenters. The number of anilines is 3. The maximum atomic E-state index is 10.5. The van der Waals surface area contributed by atoms with Gasteiger partial charge in [0.2, 0.25) is 0 Å². The summed E-state index contributed by atoms with van der Waals surface area (Å²) in [6, 6.07) is 43.6. The molecule has 3 heteroatoms. The van der Waals surface area contributed by atoms with Crippen LogP contribution in [-0.2, 0) is 35.5 Å². The van der Waals surface area contributed by atoms with E-state index in [0.717, 1.165) is 34.6 Å². The quantitative estimate of drug-likeness (QED) is 0.135. The molecule has 0 heterocycles. The Balaban J connectivity index is 1.07. The maximum Gasteiger partial charge on any atom is 0.0912 e. The van der Waals surface area contributed by atoms with Crippen LogP contribution in [0.5, 0.6) is 0 Å². The number of allylic oxidation sites excluding steroid dienone is 1. The van der Waals surface area contributed by atoms with Crippen molar-refractivity contribution >= 4 is 17.1 Å². The zero-order valence-corrected chi connectivity index (χ0v) is 38.7. The zero-order chi connectivity index (χ0) is 43.9. The Kier molecular flexibility index (Phi) is 10.5. The van der Waals surface area contributed by atoms with E-state index in [4.69, 9.17) is 0 Å². The largest absolute Gasteiger partial charge is 0.513 e. The first kappa shape index (κ1) is 41.9. The van der Waals surface area contributed by atoms with Crippen molar-refractivity contribution in [2.24, 2.45) is 5.92 Å². The summed E-state index contributed by atoms with van der Waals surface area (Å²) in [7, 11) is 0. The lowest BCUT2D eigenvalue weighted by molar-refractivity contribution is 0.219. The van der Waals surface area contributed by atoms with Crippen LogP contribution in [0.3, 0.4) is 0 Å². The lowest BCUT2D eigenvalue weighted by atomic mass is 9.56. The average Bonchev–Trinajstić information content (AvgIpc) is 3.55. The Morgan fingerprint density at radius 1 is 0.677 bits per heavy atom. The van der Waals surface area contributed by atoms with Crippen LogP contribution in [-0.4, -0.2) is 16.3 Å². The Labute approximate surface area is 371 Å². The van der Waals surface area contributed by atoms with Gasteiger partial charge in [-0.3, -0.25) is 0 Å². The van der Waals surface area contributed by atoms with Crippen molar-refractivity contribution in [3.05, 3.63) is 193 Å². The van der Waals surface area contributed by atoms with Crippen LogP contribution in [0.15, 0.2) is 127 Å². The van der Waals surface area contributed by atoms with Gasteiger partial charge in [0.05, 0.1) is 11.9 Å². The van der Waals surface area contributed by atoms with Gasteiger partial charge in [0.1, 0.15) is 0 Å². The fourth-order valence-electron chi connectivity index (χ4n) is 12.1. The van der Waals surface area contributed by atoms with Crippen LogP contribution in [0.1, 0.15) is 134 Å². The van der Waals surface area contributed by atoms with Gasteiger partial charge >= 0.3 is 0 Å². The van der Waals surface area contributed by atoms with E-state index in [-0.39, 0.29) is 22.0 Å². The number of fused-ring (bicyclic) bond motifs is 1. The molecule has 0 fully saturated rings. The molecule has 1 spiro atoms. The molecule has 0 aliphatic heterocycles. The number of aliphatic hydroxyl groups excluding tert-OH is 2. The highest BCUT2D eigenvalue weighted by Crippen LogP contribution is 2.63. The van der Waals surface area contributed by atoms with Crippen molar-refractivity contribution in [2.45, 2.75) is 130 Å². The highest BCUT2D eigenvalue weighted by molar-refractivity contribution is 5.86. The summed E-state index contributed by atoms with van der Waals surface area (Å²) in [4.78, 5) is 2.37. The Morgan fingerprint density at radius 2 is 1.19 bits per heavy atom. The van der Waals surface area contributed by atoms with Crippen molar-refractivity contribution in [1.29, 1.82) is 0 Å². The van der Waals surface area contributed by atoms with Crippen LogP contribution >= 0.6 is 0 Å². The molecule has 3 aliphatic carbocycles. The van der Waals surface area contributed by atoms with E-state index in [9.17, 15) is 10.2 Å². The fourth-order valence-corrected chi connectivity index (χ4v) is 12.1. The molecule has 0 saturated carbocycles. The van der Waals surface area contributed by atoms with Crippen LogP contribution in [0, 0.1) is 26.7 Å². The first-order valence-electron chi connectivity index (χ1n) is 23.1. The number of hydrogen-bond acceptors (Lipinski definition) is 3. The van der Waals surface area contributed by atoms with E-state index in [1.165, 1.54) is 70.2 Å². The number of aryl methyl sites for hydroxylation is 3. The summed E-state index contributed by atoms with van der Waals surface area (Å²) in [5.41, 5.74) is 23.4. The molecular weight excluding hydrogens is 755 g/mol. The molecule has 6 aromatic rings. The van der Waals surface area contributed by atoms with Gasteiger partial charge in [-0.2, -0.15) is 0 Å². The van der Waals surface area contributed by atoms with Crippen LogP contribution in [0.2, 0.25) is 0 Å². The minimum atomic E-state index is -0.727. The van der Waals surface area contributed by atoms with E-state index in [1.807, 2.05) is 0 Å². The minimum absolute atomic E-state index is 0.147. The molecular formula is C59H65NO2. The highest BCUT2D eigenvalue weighted by Gasteiger charge is 2.53. The van der Waals surface area contributed by atoms with Crippen LogP contribution in [0.25, 0.3) is 11.1 Å². The van der Waals surface area contributed by atoms with Crippen LogP contribution in [0.4, 0.5) is 17.1 Å². The summed E-state index contributed by atoms with van der Waals surface area (Å²) >= 11 is 0. The molecule has 318 valence electrons. The number of benzene rings is 6. The predicted molar refractivity (Wildman–Crippen MR) is 260 cm³/mol. The smallest absolute Gasteiger partial charge is 0.0912 e. The summed E-state index contributed by atoms with van der Waals surface area (Å²) in [5, 5.41) is 21.0. The molecule has 0 bridgehead atoms. The number of nitrogens with zero attached hydrogens (tertiary/aromatic N) is 1. The van der Waals surface area contributed by atoms with Gasteiger partial charge in [-0.1, -0.05) is 125 Å². The second kappa shape index (κ2) is 15.5. The van der Waals surface area contributed by atoms with Gasteiger partial charge in [0.25, 0.3) is 0 Å². The third kappa shape index (κ3) is 6.65. The summed E-state index contributed by atoms with van der Waals surface area (Å²) in [6.07, 6.45) is 5.91.